The van der Waals surface area contributed by atoms with Crippen LogP contribution in [0.1, 0.15) is 0 Å². The first-order valence-corrected chi connectivity index (χ1v) is 6.75. The molecule has 68 valence electrons. The maximum Gasteiger partial charge on any atom is 0.244 e. The molecule has 0 fully saturated rings. The van der Waals surface area contributed by atoms with Gasteiger partial charge in [0, 0.05) is 0 Å². The first-order chi connectivity index (χ1) is 5.12. The molecule has 0 saturated heterocycles. The van der Waals surface area contributed by atoms with Crippen LogP contribution in [0.25, 0.3) is 0 Å². The van der Waals surface area contributed by atoms with E-state index in [1.54, 1.807) is 0 Å². The highest BCUT2D eigenvalue weighted by atomic mass is 32.9. The number of rotatable bonds is 6. The van der Waals surface area contributed by atoms with Gasteiger partial charge in [-0.3, -0.25) is 0 Å². The van der Waals surface area contributed by atoms with Crippen molar-refractivity contribution in [3.05, 3.63) is 0 Å². The van der Waals surface area contributed by atoms with Gasteiger partial charge in [-0.05, 0) is 11.8 Å². The van der Waals surface area contributed by atoms with E-state index in [9.17, 15) is 0 Å². The van der Waals surface area contributed by atoms with Gasteiger partial charge in [-0.25, -0.2) is 0 Å². The summed E-state index contributed by atoms with van der Waals surface area (Å²) in [5.41, 5.74) is -2.52. The standard InChI is InChI=1S/C4H11O4PS2/c5-1-3-7-9(10,11)8-4-2-6/h5-6H,1-4H2,(H,10,11). The van der Waals surface area contributed by atoms with E-state index in [1.165, 1.54) is 0 Å². The van der Waals surface area contributed by atoms with Crippen LogP contribution in [0.15, 0.2) is 0 Å². The van der Waals surface area contributed by atoms with Gasteiger partial charge in [0.25, 0.3) is 0 Å². The van der Waals surface area contributed by atoms with Crippen LogP contribution in [0, 0.1) is 0 Å². The molecule has 0 bridgehead atoms. The topological polar surface area (TPSA) is 58.9 Å². The maximum absolute atomic E-state index is 8.36. The third-order valence-electron chi connectivity index (χ3n) is 0.691. The molecule has 0 aliphatic carbocycles. The van der Waals surface area contributed by atoms with Gasteiger partial charge in [0.05, 0.1) is 26.4 Å². The molecule has 0 rings (SSSR count). The molecule has 0 aromatic heterocycles. The molecular formula is C4H11O4PS2. The van der Waals surface area contributed by atoms with Gasteiger partial charge in [-0.1, -0.05) is 12.2 Å². The van der Waals surface area contributed by atoms with Crippen LogP contribution in [-0.2, 0) is 20.9 Å². The Kier molecular flexibility index (Phi) is 6.85. The Morgan fingerprint density at radius 1 is 1.18 bits per heavy atom. The first kappa shape index (κ1) is 11.8. The predicted molar refractivity (Wildman–Crippen MR) is 49.3 cm³/mol. The van der Waals surface area contributed by atoms with Crippen LogP contribution in [0.3, 0.4) is 0 Å². The summed E-state index contributed by atoms with van der Waals surface area (Å²) in [6.07, 6.45) is 0. The zero-order valence-electron chi connectivity index (χ0n) is 5.84. The Labute approximate surface area is 75.8 Å². The lowest BCUT2D eigenvalue weighted by Crippen LogP contribution is -2.00. The van der Waals surface area contributed by atoms with Crippen LogP contribution in [0.2, 0.25) is 0 Å². The third-order valence-corrected chi connectivity index (χ3v) is 3.03. The number of aliphatic hydroxyl groups excluding tert-OH is 2. The largest absolute Gasteiger partial charge is 0.394 e. The number of thiol groups is 1. The summed E-state index contributed by atoms with van der Waals surface area (Å²) < 4.78 is 9.77. The quantitative estimate of drug-likeness (QED) is 0.438. The van der Waals surface area contributed by atoms with Gasteiger partial charge in [-0.2, -0.15) is 0 Å². The molecular weight excluding hydrogens is 207 g/mol. The molecule has 0 aliphatic rings. The van der Waals surface area contributed by atoms with E-state index >= 15 is 0 Å². The molecule has 0 saturated carbocycles. The Morgan fingerprint density at radius 3 is 1.82 bits per heavy atom. The molecule has 0 unspecified atom stereocenters. The molecule has 2 N–H and O–H groups in total. The summed E-state index contributed by atoms with van der Waals surface area (Å²) in [5, 5.41) is 16.7. The van der Waals surface area contributed by atoms with E-state index in [4.69, 9.17) is 31.1 Å². The van der Waals surface area contributed by atoms with Crippen molar-refractivity contribution < 1.29 is 19.3 Å². The molecule has 7 heteroatoms. The van der Waals surface area contributed by atoms with Crippen LogP contribution in [0.4, 0.5) is 0 Å². The molecule has 0 heterocycles. The summed E-state index contributed by atoms with van der Waals surface area (Å²) in [7, 11) is 0. The average molecular weight is 218 g/mol. The van der Waals surface area contributed by atoms with Crippen molar-refractivity contribution in [3.63, 3.8) is 0 Å². The monoisotopic (exact) mass is 218 g/mol. The summed E-state index contributed by atoms with van der Waals surface area (Å²) in [6, 6.07) is 0. The van der Waals surface area contributed by atoms with E-state index in [0.29, 0.717) is 0 Å². The second-order valence-electron chi connectivity index (χ2n) is 1.58. The van der Waals surface area contributed by atoms with Crippen LogP contribution < -0.4 is 0 Å². The Balaban J connectivity index is 3.53. The van der Waals surface area contributed by atoms with E-state index < -0.39 is 5.69 Å². The van der Waals surface area contributed by atoms with Gasteiger partial charge >= 0.3 is 0 Å². The minimum Gasteiger partial charge on any atom is -0.394 e. The average Bonchev–Trinajstić information content (AvgIpc) is 1.97. The van der Waals surface area contributed by atoms with Crippen molar-refractivity contribution >= 4 is 29.7 Å². The van der Waals surface area contributed by atoms with Gasteiger partial charge in [-0.15, -0.1) is 0 Å². The van der Waals surface area contributed by atoms with Crippen molar-refractivity contribution in [2.24, 2.45) is 0 Å². The summed E-state index contributed by atoms with van der Waals surface area (Å²) in [6.45, 7) is 0.0152. The fraction of sp³-hybridized carbons (Fsp3) is 1.00. The van der Waals surface area contributed by atoms with Crippen molar-refractivity contribution in [3.8, 4) is 0 Å². The lowest BCUT2D eigenvalue weighted by Gasteiger charge is -2.14. The maximum atomic E-state index is 8.36. The molecule has 0 aliphatic heterocycles. The molecule has 4 nitrogen and oxygen atoms in total. The second kappa shape index (κ2) is 6.37. The number of aliphatic hydroxyl groups is 2. The zero-order chi connectivity index (χ0) is 8.74. The lowest BCUT2D eigenvalue weighted by atomic mass is 10.8. The highest BCUT2D eigenvalue weighted by Gasteiger charge is 2.11. The van der Waals surface area contributed by atoms with Gasteiger partial charge < -0.3 is 19.3 Å². The normalized spacial score (nSPS) is 11.9. The molecule has 0 amide bonds. The second-order valence-corrected chi connectivity index (χ2v) is 6.87. The van der Waals surface area contributed by atoms with Gasteiger partial charge in [0.2, 0.25) is 5.69 Å². The summed E-state index contributed by atoms with van der Waals surface area (Å²) in [4.78, 5) is 0. The van der Waals surface area contributed by atoms with Crippen LogP contribution in [0.5, 0.6) is 0 Å². The minimum absolute atomic E-state index is 0.110. The zero-order valence-corrected chi connectivity index (χ0v) is 8.45. The summed E-state index contributed by atoms with van der Waals surface area (Å²) >= 11 is 8.70. The molecule has 0 aromatic rings. The Hall–Kier alpha value is 0.840. The molecule has 0 aromatic carbocycles. The van der Waals surface area contributed by atoms with Crippen molar-refractivity contribution in [1.82, 2.24) is 0 Å². The summed E-state index contributed by atoms with van der Waals surface area (Å²) in [5.74, 6) is 0. The highest BCUT2D eigenvalue weighted by molar-refractivity contribution is 8.60. The Bertz CT molecular complexity index is 130. The lowest BCUT2D eigenvalue weighted by molar-refractivity contribution is 0.169. The minimum atomic E-state index is -2.52. The van der Waals surface area contributed by atoms with E-state index in [0.717, 1.165) is 0 Å². The Morgan fingerprint density at radius 2 is 1.55 bits per heavy atom. The van der Waals surface area contributed by atoms with Crippen molar-refractivity contribution in [2.75, 3.05) is 26.4 Å². The van der Waals surface area contributed by atoms with Crippen LogP contribution in [-0.4, -0.2) is 36.6 Å². The smallest absolute Gasteiger partial charge is 0.244 e. The van der Waals surface area contributed by atoms with Crippen LogP contribution >= 0.6 is 17.9 Å². The van der Waals surface area contributed by atoms with Gasteiger partial charge in [0.1, 0.15) is 0 Å². The van der Waals surface area contributed by atoms with E-state index in [-0.39, 0.29) is 26.4 Å². The van der Waals surface area contributed by atoms with E-state index in [1.807, 2.05) is 0 Å². The number of hydrogen-bond donors (Lipinski definition) is 3. The number of hydrogen-bond acceptors (Lipinski definition) is 5. The fourth-order valence-corrected chi connectivity index (χ4v) is 1.99. The third kappa shape index (κ3) is 7.21. The van der Waals surface area contributed by atoms with Crippen molar-refractivity contribution in [2.45, 2.75) is 0 Å². The van der Waals surface area contributed by atoms with E-state index in [2.05, 4.69) is 12.2 Å². The fourth-order valence-electron chi connectivity index (χ4n) is 0.350. The SMILES string of the molecule is OCCOP(=S)(S)OCCO. The highest BCUT2D eigenvalue weighted by Crippen LogP contribution is 2.52. The molecule has 0 radical (unpaired) electrons. The molecule has 0 atom stereocenters. The molecule has 11 heavy (non-hydrogen) atoms. The first-order valence-electron chi connectivity index (χ1n) is 2.96. The molecule has 0 spiro atoms. The van der Waals surface area contributed by atoms with Crippen molar-refractivity contribution in [1.29, 1.82) is 0 Å². The predicted octanol–water partition coefficient (Wildman–Crippen LogP) is 0.158. The van der Waals surface area contributed by atoms with Gasteiger partial charge in [0.15, 0.2) is 0 Å².